The first kappa shape index (κ1) is 18.3. The molecule has 2 aliphatic heterocycles. The minimum atomic E-state index is 0.398. The van der Waals surface area contributed by atoms with Gasteiger partial charge >= 0.3 is 0 Å². The molecule has 2 heterocycles. The highest BCUT2D eigenvalue weighted by Gasteiger charge is 2.29. The Morgan fingerprint density at radius 3 is 2.24 bits per heavy atom. The molecule has 0 amide bonds. The van der Waals surface area contributed by atoms with Crippen LogP contribution in [-0.2, 0) is 4.74 Å². The number of methoxy groups -OCH3 is 2. The van der Waals surface area contributed by atoms with Crippen LogP contribution in [0.3, 0.4) is 0 Å². The molecule has 5 heteroatoms. The molecule has 2 aliphatic rings. The van der Waals surface area contributed by atoms with Gasteiger partial charge in [-0.15, -0.1) is 0 Å². The van der Waals surface area contributed by atoms with Gasteiger partial charge in [-0.1, -0.05) is 6.92 Å². The molecule has 0 radical (unpaired) electrons. The van der Waals surface area contributed by atoms with E-state index in [0.29, 0.717) is 11.5 Å². The Kier molecular flexibility index (Phi) is 6.07. The van der Waals surface area contributed by atoms with Gasteiger partial charge in [0.2, 0.25) is 0 Å². The molecule has 1 N–H and O–H groups in total. The third kappa shape index (κ3) is 4.79. The number of hydrogen-bond donors (Lipinski definition) is 1. The zero-order valence-corrected chi connectivity index (χ0v) is 15.8. The Bertz CT molecular complexity index is 528. The highest BCUT2D eigenvalue weighted by molar-refractivity contribution is 5.56. The van der Waals surface area contributed by atoms with Gasteiger partial charge in [-0.05, 0) is 31.1 Å². The fourth-order valence-electron chi connectivity index (χ4n) is 3.75. The summed E-state index contributed by atoms with van der Waals surface area (Å²) in [6, 6.07) is 6.73. The molecule has 0 saturated carbocycles. The van der Waals surface area contributed by atoms with Crippen molar-refractivity contribution in [3.63, 3.8) is 0 Å². The number of piperidine rings is 1. The number of anilines is 1. The summed E-state index contributed by atoms with van der Waals surface area (Å²) < 4.78 is 16.3. The molecule has 0 spiro atoms. The van der Waals surface area contributed by atoms with Gasteiger partial charge in [0.25, 0.3) is 0 Å². The first-order chi connectivity index (χ1) is 12.1. The summed E-state index contributed by atoms with van der Waals surface area (Å²) in [6.07, 6.45) is 4.68. The lowest BCUT2D eigenvalue weighted by molar-refractivity contribution is 0.0225. The Balaban J connectivity index is 1.51. The molecular weight excluding hydrogens is 316 g/mol. The van der Waals surface area contributed by atoms with Gasteiger partial charge in [0.1, 0.15) is 11.5 Å². The number of ether oxygens (including phenoxy) is 3. The van der Waals surface area contributed by atoms with Crippen LogP contribution in [0.5, 0.6) is 11.5 Å². The molecule has 0 aromatic heterocycles. The molecule has 140 valence electrons. The fourth-order valence-corrected chi connectivity index (χ4v) is 3.75. The number of hydrogen-bond acceptors (Lipinski definition) is 5. The van der Waals surface area contributed by atoms with Crippen LogP contribution in [-0.4, -0.2) is 53.1 Å². The molecular formula is C20H32N2O3. The smallest absolute Gasteiger partial charge is 0.124 e. The monoisotopic (exact) mass is 348 g/mol. The van der Waals surface area contributed by atoms with Crippen molar-refractivity contribution in [2.75, 3.05) is 52.0 Å². The molecule has 0 aliphatic carbocycles. The molecule has 2 saturated heterocycles. The molecule has 25 heavy (non-hydrogen) atoms. The normalized spacial score (nSPS) is 21.2. The summed E-state index contributed by atoms with van der Waals surface area (Å²) in [5, 5.41) is 3.82. The zero-order chi connectivity index (χ0) is 17.7. The SMILES string of the molecule is COc1cc(OC)cc(N2CCC(NCC3(C)CCOCC3)CC2)c1. The second-order valence-corrected chi connectivity index (χ2v) is 7.64. The minimum Gasteiger partial charge on any atom is -0.497 e. The van der Waals surface area contributed by atoms with Gasteiger partial charge in [0.05, 0.1) is 14.2 Å². The van der Waals surface area contributed by atoms with Crippen LogP contribution in [0.1, 0.15) is 32.6 Å². The van der Waals surface area contributed by atoms with Crippen LogP contribution in [0.25, 0.3) is 0 Å². The lowest BCUT2D eigenvalue weighted by Crippen LogP contribution is -2.46. The number of rotatable bonds is 6. The largest absolute Gasteiger partial charge is 0.497 e. The number of benzene rings is 1. The predicted molar refractivity (Wildman–Crippen MR) is 101 cm³/mol. The average Bonchev–Trinajstić information content (AvgIpc) is 2.67. The van der Waals surface area contributed by atoms with Crippen LogP contribution in [0, 0.1) is 5.41 Å². The lowest BCUT2D eigenvalue weighted by Gasteiger charge is -2.38. The molecule has 0 bridgehead atoms. The topological polar surface area (TPSA) is 43.0 Å². The van der Waals surface area contributed by atoms with Crippen molar-refractivity contribution in [1.29, 1.82) is 0 Å². The summed E-state index contributed by atoms with van der Waals surface area (Å²) in [4.78, 5) is 2.43. The maximum atomic E-state index is 5.50. The maximum Gasteiger partial charge on any atom is 0.124 e. The van der Waals surface area contributed by atoms with Crippen molar-refractivity contribution in [3.05, 3.63) is 18.2 Å². The number of nitrogens with zero attached hydrogens (tertiary/aromatic N) is 1. The highest BCUT2D eigenvalue weighted by Crippen LogP contribution is 2.31. The third-order valence-electron chi connectivity index (χ3n) is 5.71. The van der Waals surface area contributed by atoms with Gasteiger partial charge in [-0.2, -0.15) is 0 Å². The second-order valence-electron chi connectivity index (χ2n) is 7.64. The van der Waals surface area contributed by atoms with E-state index in [9.17, 15) is 0 Å². The van der Waals surface area contributed by atoms with E-state index in [1.54, 1.807) is 14.2 Å². The van der Waals surface area contributed by atoms with Crippen LogP contribution >= 0.6 is 0 Å². The first-order valence-corrected chi connectivity index (χ1v) is 9.41. The number of nitrogens with one attached hydrogen (secondary N) is 1. The summed E-state index contributed by atoms with van der Waals surface area (Å²) in [5.74, 6) is 1.70. The summed E-state index contributed by atoms with van der Waals surface area (Å²) >= 11 is 0. The van der Waals surface area contributed by atoms with Gasteiger partial charge in [0, 0.05) is 62.8 Å². The predicted octanol–water partition coefficient (Wildman–Crippen LogP) is 3.08. The first-order valence-electron chi connectivity index (χ1n) is 9.41. The van der Waals surface area contributed by atoms with Crippen molar-refractivity contribution >= 4 is 5.69 Å². The molecule has 3 rings (SSSR count). The van der Waals surface area contributed by atoms with Crippen LogP contribution in [0.15, 0.2) is 18.2 Å². The molecule has 5 nitrogen and oxygen atoms in total. The van der Waals surface area contributed by atoms with Gasteiger partial charge in [0.15, 0.2) is 0 Å². The van der Waals surface area contributed by atoms with E-state index in [1.165, 1.54) is 31.4 Å². The van der Waals surface area contributed by atoms with E-state index in [4.69, 9.17) is 14.2 Å². The van der Waals surface area contributed by atoms with Crippen molar-refractivity contribution in [2.24, 2.45) is 5.41 Å². The Morgan fingerprint density at radius 1 is 1.08 bits per heavy atom. The van der Waals surface area contributed by atoms with Crippen molar-refractivity contribution in [3.8, 4) is 11.5 Å². The summed E-state index contributed by atoms with van der Waals surface area (Å²) in [6.45, 7) is 7.44. The molecule has 0 unspecified atom stereocenters. The summed E-state index contributed by atoms with van der Waals surface area (Å²) in [7, 11) is 3.40. The molecule has 0 atom stereocenters. The fraction of sp³-hybridized carbons (Fsp3) is 0.700. The average molecular weight is 348 g/mol. The summed E-state index contributed by atoms with van der Waals surface area (Å²) in [5.41, 5.74) is 1.58. The van der Waals surface area contributed by atoms with Gasteiger partial charge in [-0.3, -0.25) is 0 Å². The molecule has 1 aromatic carbocycles. The zero-order valence-electron chi connectivity index (χ0n) is 15.8. The Morgan fingerprint density at radius 2 is 1.68 bits per heavy atom. The lowest BCUT2D eigenvalue weighted by atomic mass is 9.82. The van der Waals surface area contributed by atoms with E-state index >= 15 is 0 Å². The van der Waals surface area contributed by atoms with E-state index in [0.717, 1.165) is 44.3 Å². The third-order valence-corrected chi connectivity index (χ3v) is 5.71. The maximum absolute atomic E-state index is 5.50. The van der Waals surface area contributed by atoms with E-state index in [1.807, 2.05) is 6.07 Å². The quantitative estimate of drug-likeness (QED) is 0.856. The Labute approximate surface area is 151 Å². The van der Waals surface area contributed by atoms with Crippen LogP contribution < -0.4 is 19.7 Å². The second kappa shape index (κ2) is 8.28. The van der Waals surface area contributed by atoms with Gasteiger partial charge < -0.3 is 24.4 Å². The van der Waals surface area contributed by atoms with E-state index < -0.39 is 0 Å². The van der Waals surface area contributed by atoms with E-state index in [2.05, 4.69) is 29.3 Å². The Hall–Kier alpha value is -1.46. The van der Waals surface area contributed by atoms with Gasteiger partial charge in [-0.25, -0.2) is 0 Å². The van der Waals surface area contributed by atoms with Crippen molar-refractivity contribution in [2.45, 2.75) is 38.6 Å². The minimum absolute atomic E-state index is 0.398. The molecule has 2 fully saturated rings. The van der Waals surface area contributed by atoms with E-state index in [-0.39, 0.29) is 0 Å². The highest BCUT2D eigenvalue weighted by atomic mass is 16.5. The van der Waals surface area contributed by atoms with Crippen molar-refractivity contribution < 1.29 is 14.2 Å². The molecule has 1 aromatic rings. The van der Waals surface area contributed by atoms with Crippen molar-refractivity contribution in [1.82, 2.24) is 5.32 Å². The van der Waals surface area contributed by atoms with Crippen LogP contribution in [0.2, 0.25) is 0 Å². The van der Waals surface area contributed by atoms with Crippen LogP contribution in [0.4, 0.5) is 5.69 Å². The standard InChI is InChI=1S/C20H32N2O3/c1-20(6-10-25-11-7-20)15-21-16-4-8-22(9-5-16)17-12-18(23-2)14-19(13-17)24-3/h12-14,16,21H,4-11,15H2,1-3H3.